The molecule has 5 rings (SSSR count). The number of aryl methyl sites for hydroxylation is 2. The Bertz CT molecular complexity index is 1500. The van der Waals surface area contributed by atoms with Crippen LogP contribution in [0.5, 0.6) is 5.75 Å². The zero-order chi connectivity index (χ0) is 25.4. The van der Waals surface area contributed by atoms with Gasteiger partial charge in [-0.25, -0.2) is 5.43 Å². The number of carbonyl (C=O) groups is 1. The van der Waals surface area contributed by atoms with E-state index in [0.717, 1.165) is 38.8 Å². The van der Waals surface area contributed by atoms with E-state index in [4.69, 9.17) is 16.6 Å². The molecule has 0 saturated carbocycles. The average molecular weight is 519 g/mol. The summed E-state index contributed by atoms with van der Waals surface area (Å²) >= 11 is 7.81. The van der Waals surface area contributed by atoms with Crippen LogP contribution in [0.1, 0.15) is 51.2 Å². The van der Waals surface area contributed by atoms with E-state index < -0.39 is 6.04 Å². The number of thiophene rings is 1. The molecule has 1 aliphatic heterocycles. The number of aromatic nitrogens is 3. The molecule has 0 bridgehead atoms. The first-order valence-electron chi connectivity index (χ1n) is 11.3. The molecule has 0 unspecified atom stereocenters. The van der Waals surface area contributed by atoms with Crippen LogP contribution in [0.25, 0.3) is 5.00 Å². The van der Waals surface area contributed by atoms with Crippen molar-refractivity contribution in [2.75, 3.05) is 0 Å². The third-order valence-corrected chi connectivity index (χ3v) is 7.48. The van der Waals surface area contributed by atoms with Crippen molar-refractivity contribution in [1.29, 1.82) is 0 Å². The summed E-state index contributed by atoms with van der Waals surface area (Å²) in [7, 11) is 0. The summed E-state index contributed by atoms with van der Waals surface area (Å²) in [5, 5.41) is 23.8. The number of nitrogens with one attached hydrogen (secondary N) is 1. The van der Waals surface area contributed by atoms with E-state index in [9.17, 15) is 9.90 Å². The molecule has 1 atom stereocenters. The van der Waals surface area contributed by atoms with Crippen LogP contribution in [0, 0.1) is 20.8 Å². The third kappa shape index (κ3) is 4.55. The van der Waals surface area contributed by atoms with Gasteiger partial charge < -0.3 is 5.11 Å². The maximum atomic E-state index is 12.9. The Morgan fingerprint density at radius 3 is 2.58 bits per heavy atom. The summed E-state index contributed by atoms with van der Waals surface area (Å²) in [6.07, 6.45) is 1.55. The number of amides is 1. The van der Waals surface area contributed by atoms with Crippen molar-refractivity contribution < 1.29 is 9.90 Å². The van der Waals surface area contributed by atoms with Crippen LogP contribution in [0.15, 0.2) is 58.6 Å². The minimum Gasteiger partial charge on any atom is -0.508 e. The van der Waals surface area contributed by atoms with E-state index in [-0.39, 0.29) is 18.1 Å². The number of benzene rings is 2. The van der Waals surface area contributed by atoms with E-state index in [0.29, 0.717) is 10.8 Å². The lowest BCUT2D eigenvalue weighted by molar-refractivity contribution is -0.121. The van der Waals surface area contributed by atoms with Gasteiger partial charge in [-0.15, -0.1) is 21.5 Å². The molecule has 182 valence electrons. The number of fused-ring (bicyclic) bond motifs is 3. The molecule has 2 aromatic heterocycles. The van der Waals surface area contributed by atoms with Gasteiger partial charge in [0, 0.05) is 21.0 Å². The minimum absolute atomic E-state index is 0.0368. The van der Waals surface area contributed by atoms with Crippen molar-refractivity contribution in [3.63, 3.8) is 0 Å². The maximum Gasteiger partial charge on any atom is 0.242 e. The van der Waals surface area contributed by atoms with Crippen molar-refractivity contribution in [1.82, 2.24) is 20.2 Å². The third-order valence-electron chi connectivity index (χ3n) is 6.03. The fourth-order valence-electron chi connectivity index (χ4n) is 4.09. The van der Waals surface area contributed by atoms with E-state index >= 15 is 0 Å². The second kappa shape index (κ2) is 9.67. The molecular weight excluding hydrogens is 496 g/mol. The molecule has 36 heavy (non-hydrogen) atoms. The highest BCUT2D eigenvalue weighted by atomic mass is 35.5. The van der Waals surface area contributed by atoms with E-state index in [1.807, 2.05) is 35.8 Å². The molecule has 3 heterocycles. The van der Waals surface area contributed by atoms with Gasteiger partial charge in [-0.2, -0.15) is 5.10 Å². The molecule has 0 radical (unpaired) electrons. The number of hydrogen-bond donors (Lipinski definition) is 2. The first-order chi connectivity index (χ1) is 17.3. The Labute approximate surface area is 217 Å². The molecule has 1 amide bonds. The Hall–Kier alpha value is -3.82. The van der Waals surface area contributed by atoms with Crippen LogP contribution in [-0.4, -0.2) is 37.7 Å². The number of halogens is 1. The Morgan fingerprint density at radius 2 is 1.86 bits per heavy atom. The summed E-state index contributed by atoms with van der Waals surface area (Å²) in [4.78, 5) is 19.2. The zero-order valence-corrected chi connectivity index (χ0v) is 21.4. The smallest absolute Gasteiger partial charge is 0.242 e. The second-order valence-electron chi connectivity index (χ2n) is 8.49. The summed E-state index contributed by atoms with van der Waals surface area (Å²) in [5.41, 5.74) is 7.17. The fourth-order valence-corrected chi connectivity index (χ4v) is 5.43. The highest BCUT2D eigenvalue weighted by Gasteiger charge is 2.32. The quantitative estimate of drug-likeness (QED) is 0.285. The van der Waals surface area contributed by atoms with Gasteiger partial charge in [0.25, 0.3) is 0 Å². The van der Waals surface area contributed by atoms with Gasteiger partial charge in [-0.1, -0.05) is 23.7 Å². The standard InChI is InChI=1S/C26H23ClN6O2S/c1-14-15(2)36-26-23(14)24(18-6-8-19(27)9-7-18)29-21(25-32-30-16(3)33(25)26)12-22(35)31-28-13-17-4-10-20(34)11-5-17/h4-11,13,21,34H,12H2,1-3H3,(H,31,35)/b28-13-/t21-/m0/s1. The van der Waals surface area contributed by atoms with Crippen LogP contribution in [0.4, 0.5) is 0 Å². The largest absolute Gasteiger partial charge is 0.508 e. The summed E-state index contributed by atoms with van der Waals surface area (Å²) in [6.45, 7) is 6.07. The van der Waals surface area contributed by atoms with Gasteiger partial charge in [0.05, 0.1) is 18.3 Å². The van der Waals surface area contributed by atoms with Crippen molar-refractivity contribution >= 4 is 40.8 Å². The molecule has 0 spiro atoms. The molecule has 1 aliphatic rings. The van der Waals surface area contributed by atoms with Gasteiger partial charge in [-0.3, -0.25) is 14.4 Å². The lowest BCUT2D eigenvalue weighted by atomic mass is 9.99. The normalized spacial score (nSPS) is 14.8. The molecule has 2 N–H and O–H groups in total. The molecule has 0 saturated heterocycles. The number of carbonyl (C=O) groups excluding carboxylic acids is 1. The summed E-state index contributed by atoms with van der Waals surface area (Å²) in [6, 6.07) is 13.5. The van der Waals surface area contributed by atoms with Gasteiger partial charge in [0.15, 0.2) is 5.82 Å². The number of phenols is 1. The van der Waals surface area contributed by atoms with Crippen LogP contribution < -0.4 is 5.43 Å². The van der Waals surface area contributed by atoms with Crippen molar-refractivity contribution in [2.24, 2.45) is 10.1 Å². The van der Waals surface area contributed by atoms with Crippen molar-refractivity contribution in [3.05, 3.63) is 92.3 Å². The van der Waals surface area contributed by atoms with Crippen LogP contribution >= 0.6 is 22.9 Å². The predicted octanol–water partition coefficient (Wildman–Crippen LogP) is 5.05. The fraction of sp³-hybridized carbons (Fsp3) is 0.192. The Morgan fingerprint density at radius 1 is 1.14 bits per heavy atom. The first-order valence-corrected chi connectivity index (χ1v) is 12.5. The van der Waals surface area contributed by atoms with E-state index in [1.165, 1.54) is 11.1 Å². The summed E-state index contributed by atoms with van der Waals surface area (Å²) in [5.74, 6) is 1.20. The molecule has 2 aromatic carbocycles. The minimum atomic E-state index is -0.569. The van der Waals surface area contributed by atoms with E-state index in [2.05, 4.69) is 34.6 Å². The predicted molar refractivity (Wildman–Crippen MR) is 142 cm³/mol. The molecule has 4 aromatic rings. The number of aliphatic imine (C=N–C) groups is 1. The number of rotatable bonds is 5. The van der Waals surface area contributed by atoms with Crippen molar-refractivity contribution in [2.45, 2.75) is 33.2 Å². The average Bonchev–Trinajstić information content (AvgIpc) is 3.33. The SMILES string of the molecule is Cc1sc2c(c1C)C(c1ccc(Cl)cc1)=N[C@@H](CC(=O)N/N=C\c1ccc(O)cc1)c1nnc(C)n1-2. The highest BCUT2D eigenvalue weighted by molar-refractivity contribution is 7.15. The van der Waals surface area contributed by atoms with Crippen LogP contribution in [0.2, 0.25) is 5.02 Å². The zero-order valence-electron chi connectivity index (χ0n) is 19.9. The van der Waals surface area contributed by atoms with Gasteiger partial charge in [0.2, 0.25) is 5.91 Å². The second-order valence-corrected chi connectivity index (χ2v) is 10.1. The highest BCUT2D eigenvalue weighted by Crippen LogP contribution is 2.39. The molecule has 8 nitrogen and oxygen atoms in total. The van der Waals surface area contributed by atoms with Crippen LogP contribution in [0.3, 0.4) is 0 Å². The van der Waals surface area contributed by atoms with E-state index in [1.54, 1.807) is 35.6 Å². The Kier molecular flexibility index (Phi) is 6.42. The Balaban J connectivity index is 1.52. The van der Waals surface area contributed by atoms with Crippen molar-refractivity contribution in [3.8, 4) is 10.8 Å². The van der Waals surface area contributed by atoms with Gasteiger partial charge >= 0.3 is 0 Å². The maximum absolute atomic E-state index is 12.9. The number of aromatic hydroxyl groups is 1. The number of nitrogens with zero attached hydrogens (tertiary/aromatic N) is 5. The number of hydrogen-bond acceptors (Lipinski definition) is 7. The monoisotopic (exact) mass is 518 g/mol. The van der Waals surface area contributed by atoms with Gasteiger partial charge in [-0.05, 0) is 68.3 Å². The molecule has 0 aliphatic carbocycles. The number of phenolic OH excluding ortho intramolecular Hbond substituents is 1. The lowest BCUT2D eigenvalue weighted by Crippen LogP contribution is -2.21. The molecular formula is C26H23ClN6O2S. The van der Waals surface area contributed by atoms with Crippen LogP contribution in [-0.2, 0) is 4.79 Å². The number of hydrazone groups is 1. The topological polar surface area (TPSA) is 105 Å². The summed E-state index contributed by atoms with van der Waals surface area (Å²) < 4.78 is 2.00. The molecule has 0 fully saturated rings. The van der Waals surface area contributed by atoms with Gasteiger partial charge in [0.1, 0.15) is 22.6 Å². The first kappa shape index (κ1) is 23.9. The lowest BCUT2D eigenvalue weighted by Gasteiger charge is -2.12. The molecule has 10 heteroatoms.